The van der Waals surface area contributed by atoms with Crippen molar-refractivity contribution in [3.8, 4) is 16.3 Å². The lowest BCUT2D eigenvalue weighted by Gasteiger charge is -2.19. The molecule has 204 valence electrons. The molecule has 0 radical (unpaired) electrons. The van der Waals surface area contributed by atoms with Crippen LogP contribution in [0.2, 0.25) is 10.0 Å². The number of alkyl halides is 3. The number of halogens is 5. The molecule has 38 heavy (non-hydrogen) atoms. The standard InChI is InChI=1S/C27H26Cl2F3NO4S/c1-15-23(38-24(33-15)17-5-9-18(10-6-17)27(30,31)32)19(34)11-7-16-8-12-20(22(29)21(16)28)37-14-4-13-26(2,3)25(35)36/h5-6,8-10,12H,4,7,11,13-14H2,1-3H3,(H,35,36). The van der Waals surface area contributed by atoms with Crippen molar-refractivity contribution in [2.45, 2.75) is 52.6 Å². The molecule has 0 unspecified atom stereocenters. The van der Waals surface area contributed by atoms with Gasteiger partial charge in [0.15, 0.2) is 5.78 Å². The highest BCUT2D eigenvalue weighted by atomic mass is 35.5. The Morgan fingerprint density at radius 1 is 1.05 bits per heavy atom. The average molecular weight is 588 g/mol. The Morgan fingerprint density at radius 3 is 2.32 bits per heavy atom. The summed E-state index contributed by atoms with van der Waals surface area (Å²) in [4.78, 5) is 28.9. The number of ketones is 1. The molecule has 0 aliphatic carbocycles. The van der Waals surface area contributed by atoms with Gasteiger partial charge in [-0.3, -0.25) is 9.59 Å². The third-order valence-electron chi connectivity index (χ3n) is 6.04. The van der Waals surface area contributed by atoms with Gasteiger partial charge in [0.1, 0.15) is 15.8 Å². The SMILES string of the molecule is Cc1nc(-c2ccc(C(F)(F)F)cc2)sc1C(=O)CCc1ccc(OCCCC(C)(C)C(=O)O)c(Cl)c1Cl. The molecular weight excluding hydrogens is 562 g/mol. The van der Waals surface area contributed by atoms with E-state index in [0.29, 0.717) is 51.7 Å². The van der Waals surface area contributed by atoms with Crippen LogP contribution in [0.4, 0.5) is 13.2 Å². The smallest absolute Gasteiger partial charge is 0.416 e. The van der Waals surface area contributed by atoms with E-state index < -0.39 is 23.1 Å². The fraction of sp³-hybridized carbons (Fsp3) is 0.370. The van der Waals surface area contributed by atoms with Crippen LogP contribution >= 0.6 is 34.5 Å². The number of Topliss-reactive ketones (excluding diaryl/α,β-unsaturated/α-hetero) is 1. The predicted molar refractivity (Wildman–Crippen MR) is 143 cm³/mol. The van der Waals surface area contributed by atoms with Crippen molar-refractivity contribution in [2.75, 3.05) is 6.61 Å². The van der Waals surface area contributed by atoms with Crippen molar-refractivity contribution < 1.29 is 32.6 Å². The third-order valence-corrected chi connectivity index (χ3v) is 8.19. The van der Waals surface area contributed by atoms with E-state index in [9.17, 15) is 27.9 Å². The summed E-state index contributed by atoms with van der Waals surface area (Å²) in [5, 5.41) is 10.1. The van der Waals surface area contributed by atoms with Crippen molar-refractivity contribution in [1.82, 2.24) is 4.98 Å². The number of carboxylic acid groups (broad SMARTS) is 1. The summed E-state index contributed by atoms with van der Waals surface area (Å²) in [6.45, 7) is 5.26. The summed E-state index contributed by atoms with van der Waals surface area (Å²) < 4.78 is 44.2. The number of thiazole rings is 1. The molecule has 0 aliphatic heterocycles. The molecule has 0 spiro atoms. The van der Waals surface area contributed by atoms with Crippen LogP contribution in [0.1, 0.15) is 59.6 Å². The molecule has 0 fully saturated rings. The monoisotopic (exact) mass is 587 g/mol. The molecule has 11 heteroatoms. The van der Waals surface area contributed by atoms with Gasteiger partial charge in [0.25, 0.3) is 0 Å². The van der Waals surface area contributed by atoms with E-state index in [4.69, 9.17) is 27.9 Å². The van der Waals surface area contributed by atoms with E-state index in [1.807, 2.05) is 0 Å². The second-order valence-corrected chi connectivity index (χ2v) is 11.2. The number of carbonyl (C=O) groups excluding carboxylic acids is 1. The normalized spacial score (nSPS) is 12.0. The molecule has 5 nitrogen and oxygen atoms in total. The van der Waals surface area contributed by atoms with Crippen LogP contribution in [-0.4, -0.2) is 28.4 Å². The Hall–Kier alpha value is -2.62. The number of carboxylic acids is 1. The highest BCUT2D eigenvalue weighted by molar-refractivity contribution is 7.17. The fourth-order valence-corrected chi connectivity index (χ4v) is 5.15. The van der Waals surface area contributed by atoms with Crippen molar-refractivity contribution in [2.24, 2.45) is 5.41 Å². The number of carbonyl (C=O) groups is 2. The maximum atomic E-state index is 12.9. The summed E-state index contributed by atoms with van der Waals surface area (Å²) in [6, 6.07) is 8.05. The van der Waals surface area contributed by atoms with Crippen LogP contribution in [0.25, 0.3) is 10.6 Å². The number of rotatable bonds is 11. The number of benzene rings is 2. The number of hydrogen-bond acceptors (Lipinski definition) is 5. The second kappa shape index (κ2) is 12.1. The van der Waals surface area contributed by atoms with Gasteiger partial charge in [-0.2, -0.15) is 13.2 Å². The molecule has 0 amide bonds. The molecule has 0 saturated heterocycles. The molecule has 0 saturated carbocycles. The van der Waals surface area contributed by atoms with Gasteiger partial charge in [-0.25, -0.2) is 4.98 Å². The zero-order chi connectivity index (χ0) is 28.3. The van der Waals surface area contributed by atoms with Crippen molar-refractivity contribution in [3.63, 3.8) is 0 Å². The molecule has 0 bridgehead atoms. The van der Waals surface area contributed by atoms with Gasteiger partial charge >= 0.3 is 12.1 Å². The molecule has 0 atom stereocenters. The minimum Gasteiger partial charge on any atom is -0.492 e. The van der Waals surface area contributed by atoms with Crippen molar-refractivity contribution >= 4 is 46.3 Å². The van der Waals surface area contributed by atoms with Gasteiger partial charge in [0.05, 0.1) is 33.2 Å². The maximum absolute atomic E-state index is 12.9. The van der Waals surface area contributed by atoms with Crippen LogP contribution in [0.5, 0.6) is 5.75 Å². The quantitative estimate of drug-likeness (QED) is 0.180. The number of ether oxygens (including phenoxy) is 1. The number of nitrogens with zero attached hydrogens (tertiary/aromatic N) is 1. The Morgan fingerprint density at radius 2 is 1.71 bits per heavy atom. The van der Waals surface area contributed by atoms with E-state index in [2.05, 4.69) is 4.98 Å². The molecular formula is C27H26Cl2F3NO4S. The third kappa shape index (κ3) is 7.27. The van der Waals surface area contributed by atoms with Gasteiger partial charge < -0.3 is 9.84 Å². The minimum atomic E-state index is -4.42. The van der Waals surface area contributed by atoms with Gasteiger partial charge in [0.2, 0.25) is 0 Å². The first kappa shape index (κ1) is 29.9. The average Bonchev–Trinajstić information content (AvgIpc) is 3.24. The Balaban J connectivity index is 1.61. The topological polar surface area (TPSA) is 76.5 Å². The summed E-state index contributed by atoms with van der Waals surface area (Å²) in [6.07, 6.45) is -3.02. The molecule has 1 aromatic heterocycles. The highest BCUT2D eigenvalue weighted by Gasteiger charge is 2.30. The summed E-state index contributed by atoms with van der Waals surface area (Å²) in [5.41, 5.74) is 0.0706. The second-order valence-electron chi connectivity index (χ2n) is 9.42. The number of aryl methyl sites for hydroxylation is 2. The summed E-state index contributed by atoms with van der Waals surface area (Å²) >= 11 is 13.9. The van der Waals surface area contributed by atoms with E-state index in [1.165, 1.54) is 12.1 Å². The Labute approximate surface area is 232 Å². The van der Waals surface area contributed by atoms with E-state index in [0.717, 1.165) is 23.5 Å². The molecule has 3 rings (SSSR count). The first-order valence-corrected chi connectivity index (χ1v) is 13.3. The van der Waals surface area contributed by atoms with Gasteiger partial charge in [-0.1, -0.05) is 41.4 Å². The van der Waals surface area contributed by atoms with Gasteiger partial charge in [-0.15, -0.1) is 11.3 Å². The summed E-state index contributed by atoms with van der Waals surface area (Å²) in [5.74, 6) is -0.659. The number of aliphatic carboxylic acids is 1. The van der Waals surface area contributed by atoms with Gasteiger partial charge in [0, 0.05) is 12.0 Å². The molecule has 1 heterocycles. The van der Waals surface area contributed by atoms with Crippen molar-refractivity contribution in [1.29, 1.82) is 0 Å². The fourth-order valence-electron chi connectivity index (χ4n) is 3.62. The number of aromatic nitrogens is 1. The first-order valence-electron chi connectivity index (χ1n) is 11.7. The van der Waals surface area contributed by atoms with Crippen LogP contribution in [0.3, 0.4) is 0 Å². The maximum Gasteiger partial charge on any atom is 0.416 e. The van der Waals surface area contributed by atoms with Crippen LogP contribution in [0, 0.1) is 12.3 Å². The Kier molecular flexibility index (Phi) is 9.49. The lowest BCUT2D eigenvalue weighted by Crippen LogP contribution is -2.24. The molecule has 2 aromatic carbocycles. The minimum absolute atomic E-state index is 0.135. The lowest BCUT2D eigenvalue weighted by atomic mass is 9.88. The van der Waals surface area contributed by atoms with Gasteiger partial charge in [-0.05, 0) is 63.8 Å². The predicted octanol–water partition coefficient (Wildman–Crippen LogP) is 8.53. The zero-order valence-corrected chi connectivity index (χ0v) is 23.2. The zero-order valence-electron chi connectivity index (χ0n) is 20.9. The molecule has 1 N–H and O–H groups in total. The van der Waals surface area contributed by atoms with E-state index in [1.54, 1.807) is 32.9 Å². The number of hydrogen-bond donors (Lipinski definition) is 1. The Bertz CT molecular complexity index is 1320. The highest BCUT2D eigenvalue weighted by Crippen LogP contribution is 2.37. The van der Waals surface area contributed by atoms with E-state index >= 15 is 0 Å². The van der Waals surface area contributed by atoms with Crippen LogP contribution in [-0.2, 0) is 17.4 Å². The largest absolute Gasteiger partial charge is 0.492 e. The van der Waals surface area contributed by atoms with Crippen LogP contribution in [0.15, 0.2) is 36.4 Å². The lowest BCUT2D eigenvalue weighted by molar-refractivity contribution is -0.147. The first-order chi connectivity index (χ1) is 17.7. The summed E-state index contributed by atoms with van der Waals surface area (Å²) in [7, 11) is 0. The van der Waals surface area contributed by atoms with E-state index in [-0.39, 0.29) is 28.9 Å². The van der Waals surface area contributed by atoms with Crippen molar-refractivity contribution in [3.05, 3.63) is 68.1 Å². The molecule has 0 aliphatic rings. The molecule has 3 aromatic rings. The van der Waals surface area contributed by atoms with Crippen LogP contribution < -0.4 is 4.74 Å².